The summed E-state index contributed by atoms with van der Waals surface area (Å²) in [6.45, 7) is 1.82. The molecule has 0 aromatic carbocycles. The van der Waals surface area contributed by atoms with E-state index in [4.69, 9.17) is 24.4 Å². The molecule has 0 atom stereocenters. The quantitative estimate of drug-likeness (QED) is 0.129. The van der Waals surface area contributed by atoms with E-state index in [9.17, 15) is 4.79 Å². The zero-order valence-corrected chi connectivity index (χ0v) is 15.1. The van der Waals surface area contributed by atoms with Crippen molar-refractivity contribution in [2.24, 2.45) is 0 Å². The number of thiocarbonyl (C=S) groups is 2. The predicted molar refractivity (Wildman–Crippen MR) is 65.8 cm³/mol. The van der Waals surface area contributed by atoms with Gasteiger partial charge >= 0.3 is 127 Å². The third-order valence-electron chi connectivity index (χ3n) is 1.05. The molecule has 0 aromatic heterocycles. The van der Waals surface area contributed by atoms with E-state index in [2.05, 4.69) is 10.6 Å². The molecule has 0 saturated carbocycles. The number of carbonyl (C=O) groups excluding carboxylic acids is 1. The van der Waals surface area contributed by atoms with Crippen LogP contribution >= 0.6 is 36.2 Å². The zero-order valence-electron chi connectivity index (χ0n) is 8.30. The molecule has 0 radical (unpaired) electrons. The van der Waals surface area contributed by atoms with E-state index in [0.717, 1.165) is 11.7 Å². The van der Waals surface area contributed by atoms with Gasteiger partial charge in [-0.3, -0.25) is 0 Å². The zero-order chi connectivity index (χ0) is 11.7. The van der Waals surface area contributed by atoms with Crippen LogP contribution < -0.4 is 53.0 Å². The van der Waals surface area contributed by atoms with Gasteiger partial charge in [0.25, 0.3) is 0 Å². The van der Waals surface area contributed by atoms with Gasteiger partial charge in [0.15, 0.2) is 0 Å². The van der Waals surface area contributed by atoms with Crippen LogP contribution in [0.15, 0.2) is 0 Å². The summed E-state index contributed by atoms with van der Waals surface area (Å²) >= 11 is 10.9. The Balaban J connectivity index is 3.41. The van der Waals surface area contributed by atoms with E-state index >= 15 is 0 Å². The van der Waals surface area contributed by atoms with Crippen LogP contribution in [0, 0.1) is 0 Å². The second-order valence-electron chi connectivity index (χ2n) is 2.16. The van der Waals surface area contributed by atoms with Crippen molar-refractivity contribution in [2.45, 2.75) is 6.92 Å². The van der Waals surface area contributed by atoms with E-state index in [0.29, 0.717) is 4.55 Å². The minimum absolute atomic E-state index is 0.166. The van der Waals surface area contributed by atoms with Gasteiger partial charge in [-0.05, 0) is 0 Å². The Morgan fingerprint density at radius 1 is 1.27 bits per heavy atom. The number of hydrogen-bond donors (Lipinski definition) is 2. The molecule has 0 bridgehead atoms. The van der Waals surface area contributed by atoms with Gasteiger partial charge in [-0.15, -0.1) is 0 Å². The minimum atomic E-state index is -0.489. The molecule has 0 aliphatic heterocycles. The summed E-state index contributed by atoms with van der Waals surface area (Å²) in [5.74, 6) is 0. The predicted octanol–water partition coefficient (Wildman–Crippen LogP) is -4.63. The molecule has 15 heavy (non-hydrogen) atoms. The topological polar surface area (TPSA) is 41.1 Å². The Morgan fingerprint density at radius 3 is 2.40 bits per heavy atom. The number of carbonyl (C=O) groups is 1. The Hall–Kier alpha value is 1.26. The molecule has 0 aliphatic carbocycles. The van der Waals surface area contributed by atoms with Gasteiger partial charge in [-0.25, -0.2) is 0 Å². The van der Waals surface area contributed by atoms with Crippen LogP contribution in [-0.4, -0.2) is 26.5 Å². The van der Waals surface area contributed by atoms with Gasteiger partial charge in [0.2, 0.25) is 0 Å². The average Bonchev–Trinajstić information content (AvgIpc) is 2.17. The van der Waals surface area contributed by atoms with Crippen LogP contribution in [0.25, 0.3) is 0 Å². The van der Waals surface area contributed by atoms with Crippen LogP contribution in [0.1, 0.15) is 6.92 Å². The molecule has 0 rings (SSSR count). The standard InChI is InChI=1S/C7H12I2N2OS3/c1-5(13)10-3-8-6(12)11-4-9-7(14)15-2/h3-4H2,1-2H3,(H,10,13)(H,11,12)/q-2. The molecular weight excluding hydrogens is 478 g/mol. The van der Waals surface area contributed by atoms with Crippen LogP contribution in [0.4, 0.5) is 4.79 Å². The van der Waals surface area contributed by atoms with E-state index < -0.39 is 21.2 Å². The van der Waals surface area contributed by atoms with Crippen molar-refractivity contribution in [1.29, 1.82) is 0 Å². The van der Waals surface area contributed by atoms with Gasteiger partial charge < -0.3 is 0 Å². The number of rotatable bonds is 6. The normalized spacial score (nSPS) is 10.0. The fourth-order valence-electron chi connectivity index (χ4n) is 0.430. The Kier molecular flexibility index (Phi) is 11.3. The molecule has 0 unspecified atom stereocenters. The van der Waals surface area contributed by atoms with Crippen LogP contribution in [-0.2, 0) is 0 Å². The van der Waals surface area contributed by atoms with Crippen molar-refractivity contribution in [3.63, 3.8) is 0 Å². The summed E-state index contributed by atoms with van der Waals surface area (Å²) in [7, 11) is 0. The van der Waals surface area contributed by atoms with Crippen LogP contribution in [0.2, 0.25) is 0 Å². The molecular formula is C7H12I2N2OS3-2. The van der Waals surface area contributed by atoms with Crippen molar-refractivity contribution < 1.29 is 47.2 Å². The van der Waals surface area contributed by atoms with E-state index in [1.54, 1.807) is 11.8 Å². The summed E-state index contributed by atoms with van der Waals surface area (Å²) in [5, 5.41) is 5.88. The SMILES string of the molecule is CSC(=S)[I-]CNC(=O)[I-]CNC(C)=S. The molecule has 90 valence electrons. The number of nitrogens with one attached hydrogen (secondary N) is 2. The maximum atomic E-state index is 11.3. The monoisotopic (exact) mass is 490 g/mol. The summed E-state index contributed by atoms with van der Waals surface area (Å²) in [5.41, 5.74) is 0. The second kappa shape index (κ2) is 10.4. The molecule has 2 N–H and O–H groups in total. The van der Waals surface area contributed by atoms with Crippen molar-refractivity contribution in [3.8, 4) is 0 Å². The second-order valence-corrected chi connectivity index (χ2v) is 10.8. The Labute approximate surface area is 126 Å². The van der Waals surface area contributed by atoms with E-state index in [1.165, 1.54) is 0 Å². The molecule has 0 aromatic rings. The molecule has 0 fully saturated rings. The molecule has 0 saturated heterocycles. The van der Waals surface area contributed by atoms with E-state index in [1.807, 2.05) is 13.2 Å². The third-order valence-corrected chi connectivity index (χ3v) is 8.02. The van der Waals surface area contributed by atoms with Crippen LogP contribution in [0.5, 0.6) is 0 Å². The fraction of sp³-hybridized carbons (Fsp3) is 0.571. The average molecular weight is 490 g/mol. The maximum absolute atomic E-state index is 11.3. The summed E-state index contributed by atoms with van der Waals surface area (Å²) in [6.07, 6.45) is 1.98. The van der Waals surface area contributed by atoms with Gasteiger partial charge in [-0.1, -0.05) is 0 Å². The fourth-order valence-corrected chi connectivity index (χ4v) is 5.68. The number of thioether (sulfide) groups is 1. The molecule has 8 heteroatoms. The summed E-state index contributed by atoms with van der Waals surface area (Å²) in [6, 6.07) is 0. The molecule has 0 heterocycles. The van der Waals surface area contributed by atoms with Gasteiger partial charge in [0, 0.05) is 0 Å². The number of amides is 1. The first-order valence-corrected chi connectivity index (χ1v) is 11.1. The first-order chi connectivity index (χ1) is 7.06. The first-order valence-electron chi connectivity index (χ1n) is 3.84. The van der Waals surface area contributed by atoms with Crippen molar-refractivity contribution in [1.82, 2.24) is 10.6 Å². The number of alkyl halides is 2. The molecule has 1 amide bonds. The van der Waals surface area contributed by atoms with Gasteiger partial charge in [0.1, 0.15) is 0 Å². The van der Waals surface area contributed by atoms with Gasteiger partial charge in [-0.2, -0.15) is 0 Å². The Bertz CT molecular complexity index is 250. The third kappa shape index (κ3) is 11.5. The number of hydrogen-bond acceptors (Lipinski definition) is 4. The van der Waals surface area contributed by atoms with Crippen LogP contribution in [0.3, 0.4) is 0 Å². The summed E-state index contributed by atoms with van der Waals surface area (Å²) in [4.78, 5) is 12.1. The van der Waals surface area contributed by atoms with Crippen molar-refractivity contribution in [3.05, 3.63) is 0 Å². The first kappa shape index (κ1) is 16.3. The number of halogens is 2. The van der Waals surface area contributed by atoms with Crippen molar-refractivity contribution in [2.75, 3.05) is 15.4 Å². The van der Waals surface area contributed by atoms with Gasteiger partial charge in [0.05, 0.1) is 0 Å². The van der Waals surface area contributed by atoms with Crippen molar-refractivity contribution >= 4 is 47.3 Å². The Morgan fingerprint density at radius 2 is 1.87 bits per heavy atom. The molecule has 0 aliphatic rings. The summed E-state index contributed by atoms with van der Waals surface area (Å²) < 4.78 is 2.68. The van der Waals surface area contributed by atoms with E-state index in [-0.39, 0.29) is 25.1 Å². The molecule has 0 spiro atoms. The molecule has 3 nitrogen and oxygen atoms in total.